The molecule has 2 heterocycles. The smallest absolute Gasteiger partial charge is 0.180 e. The molecule has 0 fully saturated rings. The number of nitrogens with zero attached hydrogens (tertiary/aromatic N) is 3. The summed E-state index contributed by atoms with van der Waals surface area (Å²) < 4.78 is 0. The van der Waals surface area contributed by atoms with Crippen LogP contribution in [0.4, 0.5) is 0 Å². The van der Waals surface area contributed by atoms with Crippen LogP contribution in [0.3, 0.4) is 0 Å². The molecule has 76 valence electrons. The second-order valence-electron chi connectivity index (χ2n) is 3.90. The molecule has 1 N–H and O–H groups in total. The van der Waals surface area contributed by atoms with Crippen LogP contribution in [-0.4, -0.2) is 20.2 Å². The first-order valence-corrected chi connectivity index (χ1v) is 5.21. The van der Waals surface area contributed by atoms with E-state index in [1.807, 2.05) is 13.0 Å². The maximum Gasteiger partial charge on any atom is 0.180 e. The van der Waals surface area contributed by atoms with Crippen LogP contribution < -0.4 is 0 Å². The fourth-order valence-electron chi connectivity index (χ4n) is 2.07. The first-order chi connectivity index (χ1) is 7.34. The molecule has 0 radical (unpaired) electrons. The maximum absolute atomic E-state index is 4.40. The SMILES string of the molecule is Cc1ccnc(-c2n[nH]c3c2CCC3)n1. The van der Waals surface area contributed by atoms with E-state index in [1.165, 1.54) is 17.7 Å². The third-order valence-corrected chi connectivity index (χ3v) is 2.81. The quantitative estimate of drug-likeness (QED) is 0.761. The summed E-state index contributed by atoms with van der Waals surface area (Å²) in [7, 11) is 0. The van der Waals surface area contributed by atoms with E-state index >= 15 is 0 Å². The first kappa shape index (κ1) is 8.59. The van der Waals surface area contributed by atoms with Gasteiger partial charge in [-0.3, -0.25) is 5.10 Å². The molecule has 0 unspecified atom stereocenters. The van der Waals surface area contributed by atoms with Crippen molar-refractivity contribution in [2.45, 2.75) is 26.2 Å². The summed E-state index contributed by atoms with van der Waals surface area (Å²) in [6.07, 6.45) is 5.20. The van der Waals surface area contributed by atoms with Crippen LogP contribution >= 0.6 is 0 Å². The van der Waals surface area contributed by atoms with E-state index < -0.39 is 0 Å². The highest BCUT2D eigenvalue weighted by molar-refractivity contribution is 5.57. The van der Waals surface area contributed by atoms with E-state index in [2.05, 4.69) is 20.2 Å². The Bertz CT molecular complexity index is 501. The highest BCUT2D eigenvalue weighted by atomic mass is 15.1. The Morgan fingerprint density at radius 3 is 3.13 bits per heavy atom. The van der Waals surface area contributed by atoms with E-state index in [-0.39, 0.29) is 0 Å². The molecule has 0 atom stereocenters. The van der Waals surface area contributed by atoms with Gasteiger partial charge in [-0.1, -0.05) is 0 Å². The molecule has 15 heavy (non-hydrogen) atoms. The lowest BCUT2D eigenvalue weighted by Gasteiger charge is -1.98. The molecule has 0 amide bonds. The summed E-state index contributed by atoms with van der Waals surface area (Å²) >= 11 is 0. The molecule has 4 heteroatoms. The summed E-state index contributed by atoms with van der Waals surface area (Å²) in [5.41, 5.74) is 4.48. The average molecular weight is 200 g/mol. The monoisotopic (exact) mass is 200 g/mol. The molecule has 0 saturated heterocycles. The molecule has 0 saturated carbocycles. The summed E-state index contributed by atoms with van der Waals surface area (Å²) in [4.78, 5) is 8.67. The second kappa shape index (κ2) is 3.15. The molecule has 3 rings (SSSR count). The number of aromatic nitrogens is 4. The number of nitrogens with one attached hydrogen (secondary N) is 1. The molecule has 1 aliphatic carbocycles. The van der Waals surface area contributed by atoms with Crippen molar-refractivity contribution < 1.29 is 0 Å². The first-order valence-electron chi connectivity index (χ1n) is 5.21. The van der Waals surface area contributed by atoms with Gasteiger partial charge in [0.1, 0.15) is 5.69 Å². The topological polar surface area (TPSA) is 54.5 Å². The minimum Gasteiger partial charge on any atom is -0.282 e. The van der Waals surface area contributed by atoms with Crippen LogP contribution in [0.2, 0.25) is 0 Å². The molecular weight excluding hydrogens is 188 g/mol. The molecule has 0 aliphatic heterocycles. The Balaban J connectivity index is 2.13. The Morgan fingerprint density at radius 1 is 1.33 bits per heavy atom. The van der Waals surface area contributed by atoms with Gasteiger partial charge in [-0.25, -0.2) is 9.97 Å². The number of rotatable bonds is 1. The van der Waals surface area contributed by atoms with E-state index in [1.54, 1.807) is 6.20 Å². The van der Waals surface area contributed by atoms with Crippen molar-refractivity contribution in [1.29, 1.82) is 0 Å². The number of hydrogen-bond donors (Lipinski definition) is 1. The third kappa shape index (κ3) is 1.33. The molecule has 2 aromatic heterocycles. The molecular formula is C11H12N4. The fraction of sp³-hybridized carbons (Fsp3) is 0.364. The average Bonchev–Trinajstić information content (AvgIpc) is 2.77. The van der Waals surface area contributed by atoms with Crippen LogP contribution in [0, 0.1) is 6.92 Å². The number of fused-ring (bicyclic) bond motifs is 1. The number of hydrogen-bond acceptors (Lipinski definition) is 3. The lowest BCUT2D eigenvalue weighted by molar-refractivity contribution is 0.863. The van der Waals surface area contributed by atoms with Crippen molar-refractivity contribution >= 4 is 0 Å². The van der Waals surface area contributed by atoms with E-state index in [0.29, 0.717) is 0 Å². The Hall–Kier alpha value is -1.71. The maximum atomic E-state index is 4.40. The minimum atomic E-state index is 0.745. The predicted molar refractivity (Wildman–Crippen MR) is 56.4 cm³/mol. The zero-order chi connectivity index (χ0) is 10.3. The zero-order valence-electron chi connectivity index (χ0n) is 8.62. The van der Waals surface area contributed by atoms with Gasteiger partial charge >= 0.3 is 0 Å². The summed E-state index contributed by atoms with van der Waals surface area (Å²) in [5, 5.41) is 7.37. The molecule has 0 spiro atoms. The van der Waals surface area contributed by atoms with Gasteiger partial charge in [0.05, 0.1) is 0 Å². The van der Waals surface area contributed by atoms with Crippen molar-refractivity contribution in [1.82, 2.24) is 20.2 Å². The number of aryl methyl sites for hydroxylation is 2. The third-order valence-electron chi connectivity index (χ3n) is 2.81. The van der Waals surface area contributed by atoms with Gasteiger partial charge in [-0.15, -0.1) is 0 Å². The normalized spacial score (nSPS) is 14.2. The van der Waals surface area contributed by atoms with Gasteiger partial charge in [0, 0.05) is 23.1 Å². The van der Waals surface area contributed by atoms with E-state index in [9.17, 15) is 0 Å². The van der Waals surface area contributed by atoms with E-state index in [4.69, 9.17) is 0 Å². The highest BCUT2D eigenvalue weighted by Gasteiger charge is 2.20. The summed E-state index contributed by atoms with van der Waals surface area (Å²) in [6, 6.07) is 1.90. The minimum absolute atomic E-state index is 0.745. The molecule has 0 aromatic carbocycles. The molecule has 0 bridgehead atoms. The van der Waals surface area contributed by atoms with Gasteiger partial charge in [-0.2, -0.15) is 5.10 Å². The second-order valence-corrected chi connectivity index (χ2v) is 3.90. The Labute approximate surface area is 87.8 Å². The fourth-order valence-corrected chi connectivity index (χ4v) is 2.07. The van der Waals surface area contributed by atoms with Gasteiger partial charge in [0.15, 0.2) is 5.82 Å². The van der Waals surface area contributed by atoms with Crippen LogP contribution in [0.15, 0.2) is 12.3 Å². The molecule has 4 nitrogen and oxygen atoms in total. The largest absolute Gasteiger partial charge is 0.282 e. The lowest BCUT2D eigenvalue weighted by atomic mass is 10.2. The number of aromatic amines is 1. The van der Waals surface area contributed by atoms with Gasteiger partial charge < -0.3 is 0 Å². The Morgan fingerprint density at radius 2 is 2.27 bits per heavy atom. The van der Waals surface area contributed by atoms with Crippen molar-refractivity contribution in [3.8, 4) is 11.5 Å². The van der Waals surface area contributed by atoms with Crippen molar-refractivity contribution in [3.05, 3.63) is 29.2 Å². The van der Waals surface area contributed by atoms with Gasteiger partial charge in [0.25, 0.3) is 0 Å². The lowest BCUT2D eigenvalue weighted by Crippen LogP contribution is -1.93. The highest BCUT2D eigenvalue weighted by Crippen LogP contribution is 2.27. The molecule has 2 aromatic rings. The summed E-state index contributed by atoms with van der Waals surface area (Å²) in [6.45, 7) is 1.97. The van der Waals surface area contributed by atoms with Crippen LogP contribution in [0.5, 0.6) is 0 Å². The van der Waals surface area contributed by atoms with Gasteiger partial charge in [-0.05, 0) is 32.3 Å². The van der Waals surface area contributed by atoms with Crippen LogP contribution in [0.25, 0.3) is 11.5 Å². The van der Waals surface area contributed by atoms with Crippen molar-refractivity contribution in [3.63, 3.8) is 0 Å². The van der Waals surface area contributed by atoms with E-state index in [0.717, 1.165) is 30.1 Å². The Kier molecular flexibility index (Phi) is 1.80. The van der Waals surface area contributed by atoms with Crippen molar-refractivity contribution in [2.75, 3.05) is 0 Å². The van der Waals surface area contributed by atoms with Gasteiger partial charge in [0.2, 0.25) is 0 Å². The van der Waals surface area contributed by atoms with Crippen LogP contribution in [0.1, 0.15) is 23.4 Å². The summed E-state index contributed by atoms with van der Waals surface area (Å²) in [5.74, 6) is 0.745. The standard InChI is InChI=1S/C11H12N4/c1-7-5-6-12-11(13-7)10-8-3-2-4-9(8)14-15-10/h5-6H,2-4H2,1H3,(H,14,15). The molecule has 1 aliphatic rings. The van der Waals surface area contributed by atoms with Crippen molar-refractivity contribution in [2.24, 2.45) is 0 Å². The zero-order valence-corrected chi connectivity index (χ0v) is 8.62. The predicted octanol–water partition coefficient (Wildman–Crippen LogP) is 1.66. The number of H-pyrrole nitrogens is 1. The van der Waals surface area contributed by atoms with Crippen LogP contribution in [-0.2, 0) is 12.8 Å².